The smallest absolute Gasteiger partial charge is 0.354 e. The number of nitrogens with two attached hydrogens (primary N) is 1. The monoisotopic (exact) mass is 321 g/mol. The van der Waals surface area contributed by atoms with E-state index >= 15 is 0 Å². The van der Waals surface area contributed by atoms with Crippen molar-refractivity contribution < 1.29 is 9.90 Å². The van der Waals surface area contributed by atoms with Crippen LogP contribution in [-0.2, 0) is 0 Å². The van der Waals surface area contributed by atoms with Gasteiger partial charge < -0.3 is 16.2 Å². The van der Waals surface area contributed by atoms with Crippen LogP contribution in [0.5, 0.6) is 0 Å². The minimum absolute atomic E-state index is 0.0551. The number of carboxylic acid groups (broad SMARTS) is 1. The number of halogens is 1. The Labute approximate surface area is 118 Å². The molecule has 98 valence electrons. The van der Waals surface area contributed by atoms with Crippen LogP contribution in [0.3, 0.4) is 0 Å². The third-order valence-electron chi connectivity index (χ3n) is 2.52. The van der Waals surface area contributed by atoms with Crippen molar-refractivity contribution in [2.45, 2.75) is 6.92 Å². The lowest BCUT2D eigenvalue weighted by Crippen LogP contribution is -2.06. The molecule has 6 heteroatoms. The van der Waals surface area contributed by atoms with Gasteiger partial charge in [0.05, 0.1) is 11.4 Å². The topological polar surface area (TPSA) is 88.2 Å². The number of nitrogen functional groups attached to an aromatic ring is 1. The average Bonchev–Trinajstić information content (AvgIpc) is 2.36. The first-order valence-corrected chi connectivity index (χ1v) is 6.29. The summed E-state index contributed by atoms with van der Waals surface area (Å²) in [7, 11) is 0. The van der Waals surface area contributed by atoms with Crippen LogP contribution >= 0.6 is 15.9 Å². The number of aromatic carboxylic acids is 1. The molecule has 0 radical (unpaired) electrons. The third-order valence-corrected chi connectivity index (χ3v) is 3.21. The van der Waals surface area contributed by atoms with Crippen LogP contribution in [0, 0.1) is 6.92 Å². The first-order valence-electron chi connectivity index (χ1n) is 5.50. The molecule has 5 nitrogen and oxygen atoms in total. The first-order chi connectivity index (χ1) is 8.97. The molecule has 2 aromatic rings. The summed E-state index contributed by atoms with van der Waals surface area (Å²) < 4.78 is 0.847. The molecule has 0 spiro atoms. The largest absolute Gasteiger partial charge is 0.477 e. The molecule has 1 aromatic heterocycles. The third kappa shape index (κ3) is 3.03. The maximum Gasteiger partial charge on any atom is 0.354 e. The summed E-state index contributed by atoms with van der Waals surface area (Å²) in [6.07, 6.45) is 0. The highest BCUT2D eigenvalue weighted by Crippen LogP contribution is 2.28. The number of anilines is 3. The maximum atomic E-state index is 10.9. The molecule has 4 N–H and O–H groups in total. The predicted octanol–water partition coefficient (Wildman–Crippen LogP) is 3.18. The summed E-state index contributed by atoms with van der Waals surface area (Å²) in [5.41, 5.74) is 7.97. The number of aryl methyl sites for hydroxylation is 1. The highest BCUT2D eigenvalue weighted by molar-refractivity contribution is 9.10. The van der Waals surface area contributed by atoms with Gasteiger partial charge in [-0.15, -0.1) is 0 Å². The van der Waals surface area contributed by atoms with E-state index in [2.05, 4.69) is 26.2 Å². The van der Waals surface area contributed by atoms with Crippen molar-refractivity contribution in [1.29, 1.82) is 0 Å². The van der Waals surface area contributed by atoms with Crippen LogP contribution in [0.15, 0.2) is 34.8 Å². The first kappa shape index (κ1) is 13.4. The Bertz CT molecular complexity index is 644. The SMILES string of the molecule is Cc1ccc(Br)c(Nc2nc(C(=O)O)ccc2N)c1. The lowest BCUT2D eigenvalue weighted by Gasteiger charge is -2.11. The molecule has 0 fully saturated rings. The zero-order valence-electron chi connectivity index (χ0n) is 10.1. The number of nitrogens with zero attached hydrogens (tertiary/aromatic N) is 1. The Morgan fingerprint density at radius 1 is 1.37 bits per heavy atom. The van der Waals surface area contributed by atoms with Crippen molar-refractivity contribution in [2.75, 3.05) is 11.1 Å². The van der Waals surface area contributed by atoms with E-state index in [9.17, 15) is 4.79 Å². The second-order valence-electron chi connectivity index (χ2n) is 4.05. The molecule has 0 bridgehead atoms. The van der Waals surface area contributed by atoms with E-state index in [1.54, 1.807) is 0 Å². The molecule has 0 amide bonds. The van der Waals surface area contributed by atoms with E-state index in [0.717, 1.165) is 15.7 Å². The number of nitrogens with one attached hydrogen (secondary N) is 1. The van der Waals surface area contributed by atoms with Gasteiger partial charge in [-0.3, -0.25) is 0 Å². The lowest BCUT2D eigenvalue weighted by molar-refractivity contribution is 0.0690. The van der Waals surface area contributed by atoms with E-state index in [1.165, 1.54) is 12.1 Å². The molecule has 0 saturated carbocycles. The molecule has 1 heterocycles. The molecule has 0 saturated heterocycles. The standard InChI is InChI=1S/C13H12BrN3O2/c1-7-2-3-8(14)11(6-7)17-12-9(15)4-5-10(16-12)13(18)19/h2-6H,15H2,1H3,(H,16,17)(H,18,19). The maximum absolute atomic E-state index is 10.9. The minimum atomic E-state index is -1.09. The summed E-state index contributed by atoms with van der Waals surface area (Å²) >= 11 is 3.41. The second-order valence-corrected chi connectivity index (χ2v) is 4.90. The van der Waals surface area contributed by atoms with Crippen LogP contribution in [0.1, 0.15) is 16.1 Å². The van der Waals surface area contributed by atoms with Gasteiger partial charge in [-0.1, -0.05) is 6.07 Å². The van der Waals surface area contributed by atoms with Crippen molar-refractivity contribution in [3.63, 3.8) is 0 Å². The van der Waals surface area contributed by atoms with Crippen LogP contribution in [0.25, 0.3) is 0 Å². The van der Waals surface area contributed by atoms with E-state index in [0.29, 0.717) is 11.5 Å². The molecule has 0 unspecified atom stereocenters. The van der Waals surface area contributed by atoms with E-state index in [1.807, 2.05) is 25.1 Å². The number of hydrogen-bond acceptors (Lipinski definition) is 4. The van der Waals surface area contributed by atoms with Gasteiger partial charge in [-0.05, 0) is 52.7 Å². The molecule has 0 aliphatic heterocycles. The summed E-state index contributed by atoms with van der Waals surface area (Å²) in [5, 5.41) is 12.0. The van der Waals surface area contributed by atoms with E-state index in [4.69, 9.17) is 10.8 Å². The van der Waals surface area contributed by atoms with Crippen molar-refractivity contribution in [1.82, 2.24) is 4.98 Å². The number of rotatable bonds is 3. The zero-order chi connectivity index (χ0) is 14.0. The quantitative estimate of drug-likeness (QED) is 0.808. The van der Waals surface area contributed by atoms with Gasteiger partial charge in [0.1, 0.15) is 0 Å². The van der Waals surface area contributed by atoms with Gasteiger partial charge >= 0.3 is 5.97 Å². The summed E-state index contributed by atoms with van der Waals surface area (Å²) in [6.45, 7) is 1.96. The molecule has 2 rings (SSSR count). The van der Waals surface area contributed by atoms with E-state index < -0.39 is 5.97 Å². The van der Waals surface area contributed by atoms with E-state index in [-0.39, 0.29) is 5.69 Å². The molecule has 0 atom stereocenters. The highest BCUT2D eigenvalue weighted by atomic mass is 79.9. The van der Waals surface area contributed by atoms with Crippen LogP contribution in [-0.4, -0.2) is 16.1 Å². The molecular formula is C13H12BrN3O2. The number of aromatic nitrogens is 1. The number of pyridine rings is 1. The Hall–Kier alpha value is -2.08. The number of carboxylic acids is 1. The number of hydrogen-bond donors (Lipinski definition) is 3. The van der Waals surface area contributed by atoms with Gasteiger partial charge in [-0.2, -0.15) is 0 Å². The van der Waals surface area contributed by atoms with Gasteiger partial charge in [0.25, 0.3) is 0 Å². The Balaban J connectivity index is 2.40. The molecule has 0 aliphatic rings. The van der Waals surface area contributed by atoms with Crippen molar-refractivity contribution >= 4 is 39.1 Å². The normalized spacial score (nSPS) is 10.2. The molecule has 1 aromatic carbocycles. The fourth-order valence-electron chi connectivity index (χ4n) is 1.55. The van der Waals surface area contributed by atoms with Gasteiger partial charge in [0.15, 0.2) is 11.5 Å². The van der Waals surface area contributed by atoms with Crippen molar-refractivity contribution in [3.8, 4) is 0 Å². The second kappa shape index (κ2) is 5.27. The fourth-order valence-corrected chi connectivity index (χ4v) is 1.90. The Morgan fingerprint density at radius 3 is 2.79 bits per heavy atom. The Morgan fingerprint density at radius 2 is 2.11 bits per heavy atom. The van der Waals surface area contributed by atoms with Gasteiger partial charge in [0.2, 0.25) is 0 Å². The summed E-state index contributed by atoms with van der Waals surface area (Å²) in [6, 6.07) is 8.66. The summed E-state index contributed by atoms with van der Waals surface area (Å²) in [4.78, 5) is 14.9. The molecular weight excluding hydrogens is 310 g/mol. The number of benzene rings is 1. The predicted molar refractivity (Wildman–Crippen MR) is 77.8 cm³/mol. The van der Waals surface area contributed by atoms with Crippen molar-refractivity contribution in [3.05, 3.63) is 46.1 Å². The van der Waals surface area contributed by atoms with Crippen LogP contribution in [0.4, 0.5) is 17.2 Å². The van der Waals surface area contributed by atoms with Crippen LogP contribution in [0.2, 0.25) is 0 Å². The van der Waals surface area contributed by atoms with Crippen molar-refractivity contribution in [2.24, 2.45) is 0 Å². The highest BCUT2D eigenvalue weighted by Gasteiger charge is 2.10. The van der Waals surface area contributed by atoms with Crippen LogP contribution < -0.4 is 11.1 Å². The molecule has 0 aliphatic carbocycles. The summed E-state index contributed by atoms with van der Waals surface area (Å²) in [5.74, 6) is -0.766. The molecule has 19 heavy (non-hydrogen) atoms. The number of carbonyl (C=O) groups is 1. The zero-order valence-corrected chi connectivity index (χ0v) is 11.7. The lowest BCUT2D eigenvalue weighted by atomic mass is 10.2. The van der Waals surface area contributed by atoms with Gasteiger partial charge in [0, 0.05) is 4.47 Å². The van der Waals surface area contributed by atoms with Gasteiger partial charge in [-0.25, -0.2) is 9.78 Å². The average molecular weight is 322 g/mol. The Kier molecular flexibility index (Phi) is 3.71. The fraction of sp³-hybridized carbons (Fsp3) is 0.0769. The minimum Gasteiger partial charge on any atom is -0.477 e.